The molecule has 1 N–H and O–H groups in total. The first kappa shape index (κ1) is 18.0. The summed E-state index contributed by atoms with van der Waals surface area (Å²) in [5.74, 6) is 1.60. The van der Waals surface area contributed by atoms with E-state index in [1.54, 1.807) is 24.0 Å². The fraction of sp³-hybridized carbons (Fsp3) is 0.250. The molecule has 28 heavy (non-hydrogen) atoms. The molecule has 2 aromatic carbocycles. The number of hydrogen-bond donors (Lipinski definition) is 1. The van der Waals surface area contributed by atoms with Crippen molar-refractivity contribution in [1.82, 2.24) is 15.0 Å². The zero-order chi connectivity index (χ0) is 19.5. The van der Waals surface area contributed by atoms with Crippen LogP contribution in [0.25, 0.3) is 0 Å². The van der Waals surface area contributed by atoms with Crippen LogP contribution in [0.15, 0.2) is 53.1 Å². The van der Waals surface area contributed by atoms with Gasteiger partial charge in [0.15, 0.2) is 11.6 Å². The summed E-state index contributed by atoms with van der Waals surface area (Å²) in [5, 5.41) is 6.54. The maximum absolute atomic E-state index is 13.8. The molecule has 4 rings (SSSR count). The van der Waals surface area contributed by atoms with E-state index in [2.05, 4.69) is 15.5 Å². The smallest absolute Gasteiger partial charge is 0.321 e. The molecule has 2 amide bonds. The number of halogens is 1. The summed E-state index contributed by atoms with van der Waals surface area (Å²) in [7, 11) is 0. The number of hydrogen-bond acceptors (Lipinski definition) is 5. The third-order valence-electron chi connectivity index (χ3n) is 4.52. The predicted molar refractivity (Wildman–Crippen MR) is 99.9 cm³/mol. The van der Waals surface area contributed by atoms with Crippen molar-refractivity contribution in [1.29, 1.82) is 0 Å². The van der Waals surface area contributed by atoms with E-state index in [9.17, 15) is 9.18 Å². The molecule has 1 atom stereocenters. The van der Waals surface area contributed by atoms with Crippen LogP contribution in [0.1, 0.15) is 24.1 Å². The summed E-state index contributed by atoms with van der Waals surface area (Å²) in [6.07, 6.45) is 0.728. The number of aryl methyl sites for hydroxylation is 1. The van der Waals surface area contributed by atoms with Crippen LogP contribution in [0.4, 0.5) is 14.9 Å². The zero-order valence-corrected chi connectivity index (χ0v) is 15.3. The predicted octanol–water partition coefficient (Wildman–Crippen LogP) is 4.33. The van der Waals surface area contributed by atoms with E-state index in [4.69, 9.17) is 9.26 Å². The van der Waals surface area contributed by atoms with E-state index in [0.29, 0.717) is 36.3 Å². The van der Waals surface area contributed by atoms with Crippen molar-refractivity contribution in [2.75, 3.05) is 18.4 Å². The number of nitrogens with zero attached hydrogens (tertiary/aromatic N) is 3. The van der Waals surface area contributed by atoms with Gasteiger partial charge in [-0.3, -0.25) is 0 Å². The van der Waals surface area contributed by atoms with Gasteiger partial charge < -0.3 is 19.5 Å². The molecule has 1 unspecified atom stereocenters. The fourth-order valence-corrected chi connectivity index (χ4v) is 3.12. The first-order valence-electron chi connectivity index (χ1n) is 8.97. The van der Waals surface area contributed by atoms with Crippen LogP contribution in [0.2, 0.25) is 0 Å². The molecule has 2 heterocycles. The minimum atomic E-state index is -0.462. The normalized spacial score (nSPS) is 16.2. The topological polar surface area (TPSA) is 80.5 Å². The van der Waals surface area contributed by atoms with Gasteiger partial charge in [0.05, 0.1) is 11.6 Å². The second-order valence-corrected chi connectivity index (χ2v) is 6.60. The zero-order valence-electron chi connectivity index (χ0n) is 15.3. The Hall–Kier alpha value is -3.42. The number of carbonyl (C=O) groups is 1. The lowest BCUT2D eigenvalue weighted by atomic mass is 10.1. The average Bonchev–Trinajstić information content (AvgIpc) is 3.34. The van der Waals surface area contributed by atoms with Crippen LogP contribution in [0.5, 0.6) is 11.5 Å². The molecule has 0 aliphatic carbocycles. The van der Waals surface area contributed by atoms with Crippen LogP contribution in [-0.2, 0) is 0 Å². The van der Waals surface area contributed by atoms with Gasteiger partial charge in [0.1, 0.15) is 11.6 Å². The minimum Gasteiger partial charge on any atom is -0.455 e. The summed E-state index contributed by atoms with van der Waals surface area (Å²) >= 11 is 0. The highest BCUT2D eigenvalue weighted by atomic mass is 19.1. The third-order valence-corrected chi connectivity index (χ3v) is 4.52. The number of aromatic nitrogens is 2. The van der Waals surface area contributed by atoms with E-state index < -0.39 is 5.82 Å². The Kier molecular flexibility index (Phi) is 4.92. The Bertz CT molecular complexity index is 977. The second kappa shape index (κ2) is 7.67. The molecule has 0 saturated carbocycles. The van der Waals surface area contributed by atoms with Crippen molar-refractivity contribution >= 4 is 11.7 Å². The van der Waals surface area contributed by atoms with E-state index >= 15 is 0 Å². The molecule has 1 aliphatic rings. The van der Waals surface area contributed by atoms with Gasteiger partial charge >= 0.3 is 6.03 Å². The molecule has 1 fully saturated rings. The Balaban J connectivity index is 1.46. The van der Waals surface area contributed by atoms with Crippen molar-refractivity contribution in [2.45, 2.75) is 19.3 Å². The Labute approximate surface area is 161 Å². The number of benzene rings is 2. The molecule has 8 heteroatoms. The first-order chi connectivity index (χ1) is 13.6. The monoisotopic (exact) mass is 382 g/mol. The fourth-order valence-electron chi connectivity index (χ4n) is 3.12. The number of likely N-dealkylation sites (tertiary alicyclic amines) is 1. The van der Waals surface area contributed by atoms with Crippen LogP contribution in [0.3, 0.4) is 0 Å². The minimum absolute atomic E-state index is 0.000464. The van der Waals surface area contributed by atoms with Gasteiger partial charge in [-0.25, -0.2) is 9.18 Å². The second-order valence-electron chi connectivity index (χ2n) is 6.60. The highest BCUT2D eigenvalue weighted by molar-refractivity contribution is 5.91. The SMILES string of the molecule is Cc1noc(C2CCN(C(=O)Nc3cc(F)ccc3Oc3ccccc3)C2)n1. The molecule has 0 spiro atoms. The maximum atomic E-state index is 13.8. The number of rotatable bonds is 4. The highest BCUT2D eigenvalue weighted by Gasteiger charge is 2.31. The van der Waals surface area contributed by atoms with Crippen molar-refractivity contribution in [3.8, 4) is 11.5 Å². The standard InChI is InChI=1S/C20H19FN4O3/c1-13-22-19(28-24-13)14-9-10-25(12-14)20(26)23-17-11-15(21)7-8-18(17)27-16-5-3-2-4-6-16/h2-8,11,14H,9-10,12H2,1H3,(H,23,26). The van der Waals surface area contributed by atoms with Gasteiger partial charge in [-0.05, 0) is 37.6 Å². The van der Waals surface area contributed by atoms with E-state index in [0.717, 1.165) is 6.42 Å². The Morgan fingerprint density at radius 3 is 2.86 bits per heavy atom. The van der Waals surface area contributed by atoms with Gasteiger partial charge in [-0.15, -0.1) is 0 Å². The van der Waals surface area contributed by atoms with Gasteiger partial charge in [0.2, 0.25) is 5.89 Å². The van der Waals surface area contributed by atoms with E-state index in [-0.39, 0.29) is 17.6 Å². The number of nitrogens with one attached hydrogen (secondary N) is 1. The first-order valence-corrected chi connectivity index (χ1v) is 8.97. The van der Waals surface area contributed by atoms with Crippen molar-refractivity contribution in [3.63, 3.8) is 0 Å². The largest absolute Gasteiger partial charge is 0.455 e. The lowest BCUT2D eigenvalue weighted by Gasteiger charge is -2.18. The summed E-state index contributed by atoms with van der Waals surface area (Å²) in [6.45, 7) is 2.75. The van der Waals surface area contributed by atoms with Gasteiger partial charge in [-0.2, -0.15) is 4.98 Å². The summed E-state index contributed by atoms with van der Waals surface area (Å²) in [4.78, 5) is 18.6. The third kappa shape index (κ3) is 3.95. The molecular weight excluding hydrogens is 363 g/mol. The Morgan fingerprint density at radius 2 is 2.11 bits per heavy atom. The van der Waals surface area contributed by atoms with Crippen molar-refractivity contribution in [3.05, 3.63) is 66.1 Å². The molecule has 144 valence electrons. The van der Waals surface area contributed by atoms with E-state index in [1.165, 1.54) is 18.2 Å². The van der Waals surface area contributed by atoms with Gasteiger partial charge in [0.25, 0.3) is 0 Å². The number of para-hydroxylation sites is 1. The number of anilines is 1. The Morgan fingerprint density at radius 1 is 1.29 bits per heavy atom. The molecule has 0 bridgehead atoms. The molecule has 7 nitrogen and oxygen atoms in total. The molecule has 0 radical (unpaired) electrons. The summed E-state index contributed by atoms with van der Waals surface area (Å²) < 4.78 is 24.7. The molecular formula is C20H19FN4O3. The van der Waals surface area contributed by atoms with Crippen LogP contribution in [0, 0.1) is 12.7 Å². The lowest BCUT2D eigenvalue weighted by molar-refractivity contribution is 0.221. The van der Waals surface area contributed by atoms with Gasteiger partial charge in [0, 0.05) is 19.2 Å². The molecule has 1 aromatic heterocycles. The summed E-state index contributed by atoms with van der Waals surface area (Å²) in [6, 6.07) is 12.8. The number of ether oxygens (including phenoxy) is 1. The van der Waals surface area contributed by atoms with E-state index in [1.807, 2.05) is 18.2 Å². The lowest BCUT2D eigenvalue weighted by Crippen LogP contribution is -2.33. The summed E-state index contributed by atoms with van der Waals surface area (Å²) in [5.41, 5.74) is 0.269. The number of amides is 2. The number of urea groups is 1. The molecule has 3 aromatic rings. The highest BCUT2D eigenvalue weighted by Crippen LogP contribution is 2.31. The van der Waals surface area contributed by atoms with Crippen LogP contribution >= 0.6 is 0 Å². The molecule has 1 aliphatic heterocycles. The number of carbonyl (C=O) groups excluding carboxylic acids is 1. The van der Waals surface area contributed by atoms with Gasteiger partial charge in [-0.1, -0.05) is 23.4 Å². The van der Waals surface area contributed by atoms with Crippen molar-refractivity contribution < 1.29 is 18.4 Å². The van der Waals surface area contributed by atoms with Crippen molar-refractivity contribution in [2.24, 2.45) is 0 Å². The molecule has 1 saturated heterocycles. The quantitative estimate of drug-likeness (QED) is 0.726. The van der Waals surface area contributed by atoms with Crippen LogP contribution in [-0.4, -0.2) is 34.2 Å². The average molecular weight is 382 g/mol. The van der Waals surface area contributed by atoms with Crippen LogP contribution < -0.4 is 10.1 Å². The maximum Gasteiger partial charge on any atom is 0.321 e.